The first kappa shape index (κ1) is 19.7. The molecule has 0 aliphatic rings. The Balaban J connectivity index is 1.91. The molecule has 6 nitrogen and oxygen atoms in total. The third kappa shape index (κ3) is 5.46. The zero-order valence-electron chi connectivity index (χ0n) is 15.8. The molecule has 0 saturated carbocycles. The second kappa shape index (κ2) is 8.67. The van der Waals surface area contributed by atoms with Crippen molar-refractivity contribution in [2.24, 2.45) is 0 Å². The van der Waals surface area contributed by atoms with Crippen molar-refractivity contribution in [3.63, 3.8) is 0 Å². The highest BCUT2D eigenvalue weighted by Gasteiger charge is 2.18. The van der Waals surface area contributed by atoms with Gasteiger partial charge in [-0.15, -0.1) is 0 Å². The van der Waals surface area contributed by atoms with E-state index in [4.69, 9.17) is 9.15 Å². The molecule has 0 saturated heterocycles. The molecule has 140 valence electrons. The van der Waals surface area contributed by atoms with Crippen LogP contribution in [0.3, 0.4) is 0 Å². The summed E-state index contributed by atoms with van der Waals surface area (Å²) in [5, 5.41) is 6.03. The van der Waals surface area contributed by atoms with E-state index in [1.165, 1.54) is 0 Å². The summed E-state index contributed by atoms with van der Waals surface area (Å²) in [5.41, 5.74) is 1.07. The fourth-order valence-electron chi connectivity index (χ4n) is 2.44. The molecule has 0 radical (unpaired) electrons. The van der Waals surface area contributed by atoms with Gasteiger partial charge >= 0.3 is 5.97 Å². The molecule has 1 heterocycles. The third-order valence-corrected chi connectivity index (χ3v) is 3.81. The molecule has 1 aromatic carbocycles. The number of nitrogens with one attached hydrogen (secondary N) is 2. The Morgan fingerprint density at radius 3 is 2.19 bits per heavy atom. The second-order valence-corrected chi connectivity index (χ2v) is 6.58. The van der Waals surface area contributed by atoms with Crippen LogP contribution in [0.4, 0.5) is 5.69 Å². The summed E-state index contributed by atoms with van der Waals surface area (Å²) in [4.78, 5) is 24.2. The smallest absolute Gasteiger partial charge is 0.338 e. The molecule has 1 amide bonds. The van der Waals surface area contributed by atoms with Gasteiger partial charge in [0.1, 0.15) is 11.5 Å². The summed E-state index contributed by atoms with van der Waals surface area (Å²) in [5.74, 6) is 1.07. The lowest BCUT2D eigenvalue weighted by Crippen LogP contribution is -2.39. The van der Waals surface area contributed by atoms with Gasteiger partial charge in [-0.3, -0.25) is 10.1 Å². The predicted molar refractivity (Wildman–Crippen MR) is 100 cm³/mol. The van der Waals surface area contributed by atoms with Crippen LogP contribution in [0.2, 0.25) is 0 Å². The highest BCUT2D eigenvalue weighted by Crippen LogP contribution is 2.17. The van der Waals surface area contributed by atoms with Crippen LogP contribution in [0.5, 0.6) is 0 Å². The van der Waals surface area contributed by atoms with Gasteiger partial charge in [-0.1, -0.05) is 0 Å². The number of ether oxygens (including phenoxy) is 1. The number of hydrogen-bond donors (Lipinski definition) is 2. The molecular weight excluding hydrogens is 332 g/mol. The van der Waals surface area contributed by atoms with Gasteiger partial charge in [0.15, 0.2) is 0 Å². The topological polar surface area (TPSA) is 80.6 Å². The first-order valence-corrected chi connectivity index (χ1v) is 8.70. The monoisotopic (exact) mass is 358 g/mol. The fraction of sp³-hybridized carbons (Fsp3) is 0.400. The molecule has 1 aromatic heterocycles. The van der Waals surface area contributed by atoms with E-state index < -0.39 is 6.04 Å². The van der Waals surface area contributed by atoms with E-state index in [1.54, 1.807) is 45.0 Å². The molecule has 0 aliphatic heterocycles. The average Bonchev–Trinajstić information content (AvgIpc) is 3.01. The molecule has 0 spiro atoms. The van der Waals surface area contributed by atoms with Crippen molar-refractivity contribution >= 4 is 17.6 Å². The van der Waals surface area contributed by atoms with Gasteiger partial charge in [-0.25, -0.2) is 4.79 Å². The van der Waals surface area contributed by atoms with Gasteiger partial charge in [0.2, 0.25) is 5.91 Å². The van der Waals surface area contributed by atoms with Crippen LogP contribution in [-0.2, 0) is 9.53 Å². The van der Waals surface area contributed by atoms with E-state index in [9.17, 15) is 9.59 Å². The largest absolute Gasteiger partial charge is 0.465 e. The molecule has 2 rings (SSSR count). The first-order chi connectivity index (χ1) is 12.3. The molecule has 0 fully saturated rings. The summed E-state index contributed by atoms with van der Waals surface area (Å²) in [7, 11) is 0. The van der Waals surface area contributed by atoms with Crippen LogP contribution in [0.1, 0.15) is 55.6 Å². The van der Waals surface area contributed by atoms with Crippen LogP contribution in [0.25, 0.3) is 0 Å². The van der Waals surface area contributed by atoms with Gasteiger partial charge in [-0.2, -0.15) is 0 Å². The van der Waals surface area contributed by atoms with Gasteiger partial charge in [0.05, 0.1) is 23.8 Å². The number of rotatable bonds is 7. The van der Waals surface area contributed by atoms with Crippen LogP contribution >= 0.6 is 0 Å². The van der Waals surface area contributed by atoms with Gasteiger partial charge in [0, 0.05) is 5.69 Å². The van der Waals surface area contributed by atoms with E-state index in [-0.39, 0.29) is 24.0 Å². The predicted octanol–water partition coefficient (Wildman–Crippen LogP) is 3.83. The molecule has 0 bridgehead atoms. The van der Waals surface area contributed by atoms with Gasteiger partial charge < -0.3 is 14.5 Å². The minimum atomic E-state index is -0.416. The zero-order chi connectivity index (χ0) is 19.3. The van der Waals surface area contributed by atoms with E-state index in [2.05, 4.69) is 10.6 Å². The van der Waals surface area contributed by atoms with Crippen LogP contribution in [-0.4, -0.2) is 24.0 Å². The van der Waals surface area contributed by atoms with Crippen molar-refractivity contribution in [1.82, 2.24) is 5.32 Å². The Kier molecular flexibility index (Phi) is 6.58. The molecule has 2 N–H and O–H groups in total. The second-order valence-electron chi connectivity index (χ2n) is 6.58. The number of aryl methyl sites for hydroxylation is 1. The Hall–Kier alpha value is -2.60. The van der Waals surface area contributed by atoms with E-state index >= 15 is 0 Å². The van der Waals surface area contributed by atoms with Crippen molar-refractivity contribution < 1.29 is 18.7 Å². The van der Waals surface area contributed by atoms with Crippen LogP contribution in [0, 0.1) is 6.92 Å². The lowest BCUT2D eigenvalue weighted by molar-refractivity contribution is -0.118. The number of esters is 1. The summed E-state index contributed by atoms with van der Waals surface area (Å²) in [6, 6.07) is 9.91. The number of furan rings is 1. The van der Waals surface area contributed by atoms with Crippen molar-refractivity contribution in [3.05, 3.63) is 53.5 Å². The number of anilines is 1. The van der Waals surface area contributed by atoms with Crippen molar-refractivity contribution in [2.75, 3.05) is 5.32 Å². The number of amides is 1. The quantitative estimate of drug-likeness (QED) is 0.735. The molecule has 26 heavy (non-hydrogen) atoms. The van der Waals surface area contributed by atoms with Crippen LogP contribution < -0.4 is 10.6 Å². The maximum absolute atomic E-state index is 12.4. The van der Waals surface area contributed by atoms with Crippen molar-refractivity contribution in [2.45, 2.75) is 52.8 Å². The Bertz CT molecular complexity index is 749. The first-order valence-electron chi connectivity index (χ1n) is 8.70. The van der Waals surface area contributed by atoms with Crippen LogP contribution in [0.15, 0.2) is 40.8 Å². The van der Waals surface area contributed by atoms with Gasteiger partial charge in [-0.05, 0) is 71.0 Å². The average molecular weight is 358 g/mol. The van der Waals surface area contributed by atoms with Crippen molar-refractivity contribution in [1.29, 1.82) is 0 Å². The SMILES string of the molecule is Cc1ccc(C(C)NC(C)C(=O)Nc2ccc(C(=O)OC(C)C)cc2)o1. The van der Waals surface area contributed by atoms with Gasteiger partial charge in [0.25, 0.3) is 0 Å². The normalized spacial score (nSPS) is 13.3. The highest BCUT2D eigenvalue weighted by molar-refractivity contribution is 5.95. The molecule has 2 aromatic rings. The molecule has 0 aliphatic carbocycles. The summed E-state index contributed by atoms with van der Waals surface area (Å²) < 4.78 is 10.7. The number of carbonyl (C=O) groups excluding carboxylic acids is 2. The molecule has 2 atom stereocenters. The molecule has 6 heteroatoms. The maximum Gasteiger partial charge on any atom is 0.338 e. The minimum absolute atomic E-state index is 0.0855. The Morgan fingerprint density at radius 2 is 1.65 bits per heavy atom. The summed E-state index contributed by atoms with van der Waals surface area (Å²) in [6.45, 7) is 9.21. The minimum Gasteiger partial charge on any atom is -0.465 e. The summed E-state index contributed by atoms with van der Waals surface area (Å²) in [6.07, 6.45) is -0.172. The number of carbonyl (C=O) groups is 2. The molecule has 2 unspecified atom stereocenters. The number of benzene rings is 1. The molecular formula is C20H26N2O4. The lowest BCUT2D eigenvalue weighted by Gasteiger charge is -2.18. The summed E-state index contributed by atoms with van der Waals surface area (Å²) >= 11 is 0. The third-order valence-electron chi connectivity index (χ3n) is 3.81. The number of hydrogen-bond acceptors (Lipinski definition) is 5. The van der Waals surface area contributed by atoms with E-state index in [0.29, 0.717) is 11.3 Å². The van der Waals surface area contributed by atoms with E-state index in [1.807, 2.05) is 26.0 Å². The lowest BCUT2D eigenvalue weighted by atomic mass is 10.2. The maximum atomic E-state index is 12.4. The zero-order valence-corrected chi connectivity index (χ0v) is 15.8. The standard InChI is InChI=1S/C20H26N2O4/c1-12(2)25-20(24)16-7-9-17(10-8-16)22-19(23)15(5)21-14(4)18-11-6-13(3)26-18/h6-12,14-15,21H,1-5H3,(H,22,23). The van der Waals surface area contributed by atoms with Crippen molar-refractivity contribution in [3.8, 4) is 0 Å². The van der Waals surface area contributed by atoms with E-state index in [0.717, 1.165) is 11.5 Å². The fourth-order valence-corrected chi connectivity index (χ4v) is 2.44. The highest BCUT2D eigenvalue weighted by atomic mass is 16.5. The Morgan fingerprint density at radius 1 is 1.00 bits per heavy atom. The Labute approximate surface area is 153 Å².